The van der Waals surface area contributed by atoms with E-state index in [1.165, 1.54) is 12.1 Å². The average molecular weight is 278 g/mol. The second-order valence-corrected chi connectivity index (χ2v) is 5.16. The van der Waals surface area contributed by atoms with Gasteiger partial charge in [0.05, 0.1) is 0 Å². The molecule has 0 spiro atoms. The second kappa shape index (κ2) is 8.70. The van der Waals surface area contributed by atoms with Crippen molar-refractivity contribution in [2.45, 2.75) is 13.0 Å². The summed E-state index contributed by atoms with van der Waals surface area (Å²) in [7, 11) is 6.16. The predicted molar refractivity (Wildman–Crippen MR) is 79.9 cm³/mol. The summed E-state index contributed by atoms with van der Waals surface area (Å²) >= 11 is 0. The Hall–Kier alpha value is -1.41. The topological polar surface area (TPSA) is 26.7 Å². The van der Waals surface area contributed by atoms with E-state index in [9.17, 15) is 4.39 Å². The van der Waals surface area contributed by atoms with Gasteiger partial charge >= 0.3 is 0 Å². The van der Waals surface area contributed by atoms with Crippen LogP contribution in [-0.4, -0.2) is 55.7 Å². The lowest BCUT2D eigenvalue weighted by molar-refractivity contribution is 0.294. The van der Waals surface area contributed by atoms with Crippen LogP contribution in [0.2, 0.25) is 0 Å². The number of hydrogen-bond donors (Lipinski definition) is 1. The van der Waals surface area contributed by atoms with Crippen LogP contribution in [0.1, 0.15) is 17.5 Å². The third kappa shape index (κ3) is 6.16. The minimum atomic E-state index is -0.300. The summed E-state index contributed by atoms with van der Waals surface area (Å²) < 4.78 is 13.3. The molecule has 1 rings (SSSR count). The molecule has 0 aliphatic carbocycles. The van der Waals surface area contributed by atoms with E-state index in [4.69, 9.17) is 5.11 Å². The van der Waals surface area contributed by atoms with Gasteiger partial charge < -0.3 is 14.9 Å². The normalized spacial score (nSPS) is 10.8. The molecule has 0 heterocycles. The molecule has 0 aliphatic heterocycles. The Labute approximate surface area is 121 Å². The molecule has 3 nitrogen and oxygen atoms in total. The fourth-order valence-electron chi connectivity index (χ4n) is 1.96. The van der Waals surface area contributed by atoms with E-state index in [0.29, 0.717) is 5.56 Å². The van der Waals surface area contributed by atoms with Crippen molar-refractivity contribution in [1.29, 1.82) is 0 Å². The van der Waals surface area contributed by atoms with Crippen molar-refractivity contribution in [3.63, 3.8) is 0 Å². The Morgan fingerprint density at radius 2 is 1.95 bits per heavy atom. The van der Waals surface area contributed by atoms with E-state index in [-0.39, 0.29) is 12.4 Å². The quantitative estimate of drug-likeness (QED) is 0.800. The number of halogens is 1. The van der Waals surface area contributed by atoms with Crippen molar-refractivity contribution in [2.75, 3.05) is 40.8 Å². The predicted octanol–water partition coefficient (Wildman–Crippen LogP) is 1.55. The SMILES string of the molecule is CN(C)CCCN(C)Cc1ccc(F)cc1C#CCO. The highest BCUT2D eigenvalue weighted by molar-refractivity contribution is 5.41. The molecule has 0 atom stereocenters. The first-order valence-corrected chi connectivity index (χ1v) is 6.74. The Bertz CT molecular complexity index is 477. The average Bonchev–Trinajstić information content (AvgIpc) is 2.38. The zero-order valence-corrected chi connectivity index (χ0v) is 12.5. The van der Waals surface area contributed by atoms with Crippen LogP contribution in [0.5, 0.6) is 0 Å². The molecular formula is C16H23FN2O. The van der Waals surface area contributed by atoms with Crippen LogP contribution in [0.4, 0.5) is 4.39 Å². The smallest absolute Gasteiger partial charge is 0.124 e. The first-order valence-electron chi connectivity index (χ1n) is 6.74. The summed E-state index contributed by atoms with van der Waals surface area (Å²) in [5.74, 6) is 5.09. The van der Waals surface area contributed by atoms with Crippen molar-refractivity contribution in [3.8, 4) is 11.8 Å². The summed E-state index contributed by atoms with van der Waals surface area (Å²) in [4.78, 5) is 4.35. The van der Waals surface area contributed by atoms with Crippen molar-refractivity contribution < 1.29 is 9.50 Å². The Kier molecular flexibility index (Phi) is 7.24. The minimum absolute atomic E-state index is 0.214. The van der Waals surface area contributed by atoms with E-state index >= 15 is 0 Å². The summed E-state index contributed by atoms with van der Waals surface area (Å²) in [6.45, 7) is 2.53. The van der Waals surface area contributed by atoms with Crippen molar-refractivity contribution in [1.82, 2.24) is 9.80 Å². The molecule has 1 aromatic rings. The molecular weight excluding hydrogens is 255 g/mol. The third-order valence-electron chi connectivity index (χ3n) is 2.96. The number of benzene rings is 1. The molecule has 110 valence electrons. The molecule has 0 radical (unpaired) electrons. The van der Waals surface area contributed by atoms with E-state index in [1.54, 1.807) is 6.07 Å². The molecule has 20 heavy (non-hydrogen) atoms. The van der Waals surface area contributed by atoms with Gasteiger partial charge in [-0.1, -0.05) is 17.9 Å². The zero-order valence-electron chi connectivity index (χ0n) is 12.5. The van der Waals surface area contributed by atoms with E-state index < -0.39 is 0 Å². The summed E-state index contributed by atoms with van der Waals surface area (Å²) in [5.41, 5.74) is 1.64. The number of nitrogens with zero attached hydrogens (tertiary/aromatic N) is 2. The minimum Gasteiger partial charge on any atom is -0.384 e. The molecule has 0 bridgehead atoms. The maximum absolute atomic E-state index is 13.3. The molecule has 0 amide bonds. The highest BCUT2D eigenvalue weighted by Gasteiger charge is 2.06. The van der Waals surface area contributed by atoms with Crippen LogP contribution < -0.4 is 0 Å². The molecule has 0 saturated heterocycles. The molecule has 4 heteroatoms. The zero-order chi connectivity index (χ0) is 15.0. The molecule has 0 aliphatic rings. The number of hydrogen-bond acceptors (Lipinski definition) is 3. The second-order valence-electron chi connectivity index (χ2n) is 5.16. The standard InChI is InChI=1S/C16H23FN2O/c1-18(2)9-5-10-19(3)13-15-7-8-16(17)12-14(15)6-4-11-20/h7-8,12,20H,5,9-11,13H2,1-3H3. The van der Waals surface area contributed by atoms with Crippen molar-refractivity contribution in [3.05, 3.63) is 35.1 Å². The lowest BCUT2D eigenvalue weighted by Crippen LogP contribution is -2.23. The van der Waals surface area contributed by atoms with Gasteiger partial charge in [-0.05, 0) is 58.3 Å². The van der Waals surface area contributed by atoms with Crippen LogP contribution in [0, 0.1) is 17.7 Å². The van der Waals surface area contributed by atoms with Gasteiger partial charge in [0, 0.05) is 12.1 Å². The lowest BCUT2D eigenvalue weighted by Gasteiger charge is -2.19. The first kappa shape index (κ1) is 16.6. The van der Waals surface area contributed by atoms with Gasteiger partial charge in [-0.15, -0.1) is 0 Å². The molecule has 0 aromatic heterocycles. The molecule has 1 aromatic carbocycles. The van der Waals surface area contributed by atoms with Gasteiger partial charge in [0.2, 0.25) is 0 Å². The van der Waals surface area contributed by atoms with E-state index in [1.807, 2.05) is 7.05 Å². The van der Waals surface area contributed by atoms with Crippen LogP contribution in [0.15, 0.2) is 18.2 Å². The monoisotopic (exact) mass is 278 g/mol. The summed E-state index contributed by atoms with van der Waals surface area (Å²) in [6.07, 6.45) is 1.09. The number of rotatable bonds is 6. The Morgan fingerprint density at radius 3 is 2.60 bits per heavy atom. The highest BCUT2D eigenvalue weighted by atomic mass is 19.1. The largest absolute Gasteiger partial charge is 0.384 e. The molecule has 1 N–H and O–H groups in total. The fraction of sp³-hybridized carbons (Fsp3) is 0.500. The maximum Gasteiger partial charge on any atom is 0.124 e. The fourth-order valence-corrected chi connectivity index (χ4v) is 1.96. The van der Waals surface area contributed by atoms with Crippen LogP contribution in [-0.2, 0) is 6.54 Å². The van der Waals surface area contributed by atoms with Gasteiger partial charge in [0.15, 0.2) is 0 Å². The van der Waals surface area contributed by atoms with Crippen LogP contribution >= 0.6 is 0 Å². The van der Waals surface area contributed by atoms with Crippen LogP contribution in [0.25, 0.3) is 0 Å². The van der Waals surface area contributed by atoms with Gasteiger partial charge in [0.1, 0.15) is 12.4 Å². The van der Waals surface area contributed by atoms with E-state index in [0.717, 1.165) is 31.6 Å². The van der Waals surface area contributed by atoms with Crippen LogP contribution in [0.3, 0.4) is 0 Å². The summed E-state index contributed by atoms with van der Waals surface area (Å²) in [5, 5.41) is 8.76. The van der Waals surface area contributed by atoms with Gasteiger partial charge in [-0.3, -0.25) is 0 Å². The van der Waals surface area contributed by atoms with Gasteiger partial charge in [-0.25, -0.2) is 4.39 Å². The molecule has 0 unspecified atom stereocenters. The lowest BCUT2D eigenvalue weighted by atomic mass is 10.1. The maximum atomic E-state index is 13.3. The highest BCUT2D eigenvalue weighted by Crippen LogP contribution is 2.12. The molecule has 0 saturated carbocycles. The van der Waals surface area contributed by atoms with E-state index in [2.05, 4.69) is 35.7 Å². The summed E-state index contributed by atoms with van der Waals surface area (Å²) in [6, 6.07) is 4.64. The van der Waals surface area contributed by atoms with Gasteiger partial charge in [-0.2, -0.15) is 0 Å². The van der Waals surface area contributed by atoms with Crippen molar-refractivity contribution in [2.24, 2.45) is 0 Å². The molecule has 0 fully saturated rings. The Morgan fingerprint density at radius 1 is 1.20 bits per heavy atom. The third-order valence-corrected chi connectivity index (χ3v) is 2.96. The number of aliphatic hydroxyl groups is 1. The Balaban J connectivity index is 2.66. The first-order chi connectivity index (χ1) is 9.52. The van der Waals surface area contributed by atoms with Crippen molar-refractivity contribution >= 4 is 0 Å². The number of aliphatic hydroxyl groups excluding tert-OH is 1. The van der Waals surface area contributed by atoms with Gasteiger partial charge in [0.25, 0.3) is 0 Å².